The number of carbonyl (C=O) groups is 8. The van der Waals surface area contributed by atoms with E-state index in [1.165, 1.54) is 27.6 Å². The molecule has 0 radical (unpaired) electrons. The predicted octanol–water partition coefficient (Wildman–Crippen LogP) is 2.97. The number of nitrogens with zero attached hydrogens (tertiary/aromatic N) is 5. The van der Waals surface area contributed by atoms with Gasteiger partial charge in [-0.05, 0) is 78.9 Å². The summed E-state index contributed by atoms with van der Waals surface area (Å²) in [6.07, 6.45) is -3.62. The molecule has 25 heteroatoms. The smallest absolute Gasteiger partial charge is 0.264 e. The zero-order chi connectivity index (χ0) is 55.6. The largest absolute Gasteiger partial charge is 0.391 e. The number of halogens is 1. The van der Waals surface area contributed by atoms with E-state index in [4.69, 9.17) is 22.3 Å². The fourth-order valence-corrected chi connectivity index (χ4v) is 12.4. The first-order chi connectivity index (χ1) is 36.5. The summed E-state index contributed by atoms with van der Waals surface area (Å²) < 4.78 is 1.84. The van der Waals surface area contributed by atoms with E-state index >= 15 is 0 Å². The minimum absolute atomic E-state index is 0.181. The molecule has 406 valence electrons. The summed E-state index contributed by atoms with van der Waals surface area (Å²) in [6, 6.07) is 9.49. The van der Waals surface area contributed by atoms with E-state index < -0.39 is 108 Å². The fourth-order valence-electron chi connectivity index (χ4n) is 9.25. The van der Waals surface area contributed by atoms with E-state index in [0.29, 0.717) is 33.5 Å². The number of hydrogen-bond donors (Lipinski definition) is 8. The summed E-state index contributed by atoms with van der Waals surface area (Å²) >= 11 is 10.2. The molecular formula is C52H59ClN12O9S3. The summed E-state index contributed by atoms with van der Waals surface area (Å²) in [7, 11) is 0. The van der Waals surface area contributed by atoms with Crippen molar-refractivity contribution < 1.29 is 43.5 Å². The quantitative estimate of drug-likeness (QED) is 0.117. The maximum Gasteiger partial charge on any atom is 0.264 e. The number of thiophene rings is 2. The number of amides is 8. The molecule has 5 aromatic rings. The Morgan fingerprint density at radius 1 is 0.870 bits per heavy atom. The molecule has 21 nitrogen and oxygen atoms in total. The Morgan fingerprint density at radius 2 is 1.57 bits per heavy atom. The number of aryl methyl sites for hydroxylation is 3. The Bertz CT molecular complexity index is 3170. The first-order valence-corrected chi connectivity index (χ1v) is 27.8. The molecule has 77 heavy (non-hydrogen) atoms. The maximum absolute atomic E-state index is 14.4. The van der Waals surface area contributed by atoms with Crippen LogP contribution in [0.2, 0.25) is 5.02 Å². The van der Waals surface area contributed by atoms with Gasteiger partial charge in [0.2, 0.25) is 41.4 Å². The van der Waals surface area contributed by atoms with Gasteiger partial charge < -0.3 is 47.6 Å². The average Bonchev–Trinajstić information content (AvgIpc) is 4.24. The van der Waals surface area contributed by atoms with E-state index in [2.05, 4.69) is 42.1 Å². The van der Waals surface area contributed by atoms with Crippen molar-refractivity contribution >= 4 is 99.0 Å². The number of fused-ring (bicyclic) bond motifs is 4. The van der Waals surface area contributed by atoms with E-state index in [0.717, 1.165) is 48.8 Å². The molecule has 8 amide bonds. The molecule has 6 heterocycles. The van der Waals surface area contributed by atoms with Crippen molar-refractivity contribution in [3.8, 4) is 15.4 Å². The van der Waals surface area contributed by atoms with Crippen LogP contribution in [0.5, 0.6) is 0 Å². The molecule has 2 saturated heterocycles. The molecule has 0 spiro atoms. The number of benzene rings is 2. The fraction of sp³-hybridized carbons (Fsp3) is 0.404. The summed E-state index contributed by atoms with van der Waals surface area (Å²) in [5.74, 6) is -6.53. The lowest BCUT2D eigenvalue weighted by Gasteiger charge is -2.35. The van der Waals surface area contributed by atoms with Gasteiger partial charge in [-0.2, -0.15) is 0 Å². The van der Waals surface area contributed by atoms with E-state index in [9.17, 15) is 43.5 Å². The van der Waals surface area contributed by atoms with Crippen molar-refractivity contribution in [3.63, 3.8) is 0 Å². The zero-order valence-electron chi connectivity index (χ0n) is 43.2. The molecule has 3 aromatic heterocycles. The minimum atomic E-state index is -1.89. The summed E-state index contributed by atoms with van der Waals surface area (Å²) in [5.41, 5.74) is 10.0. The average molecular weight is 1130 g/mol. The Morgan fingerprint density at radius 3 is 2.23 bits per heavy atom. The van der Waals surface area contributed by atoms with Crippen LogP contribution in [0.15, 0.2) is 65.0 Å². The van der Waals surface area contributed by atoms with Crippen molar-refractivity contribution in [3.05, 3.63) is 109 Å². The summed E-state index contributed by atoms with van der Waals surface area (Å²) in [6.45, 7) is 11.8. The van der Waals surface area contributed by atoms with Gasteiger partial charge in [-0.25, -0.2) is 0 Å². The monoisotopic (exact) mass is 1130 g/mol. The second-order valence-corrected chi connectivity index (χ2v) is 23.7. The second-order valence-electron chi connectivity index (χ2n) is 20.1. The standard InChI is InChI=1S/C52H59ClN12O9S3/c1-24-16-17-76-42(24)30-10-8-29(9-11-30)41-48(72)55-20-37(68)60-45(49(73)57-34(44(54)70)22-75-23-38(69)58-43(52(5,6)7)50(74)64-21-32(66)18-35(64)47(71)61-41)59-36(67)19-33-46-63-62-27(4)65(46)51-39(25(2)26(3)77-51)40(56-33)28-12-14-31(53)15-13-28/h8-17,32-35,41,43,45,66H,18-23H2,1-7H3,(H2,54,70)(H,55,72)(H,57,73)(H,58,69)(H,59,67)(H,60,68)(H,61,71)/t32-,33+,34-,35+,41-,43-,45+/m1/s1. The number of nitrogens with one attached hydrogen (secondary N) is 6. The molecule has 8 rings (SSSR count). The molecule has 2 fully saturated rings. The van der Waals surface area contributed by atoms with Crippen molar-refractivity contribution in [1.82, 2.24) is 51.6 Å². The lowest BCUT2D eigenvalue weighted by molar-refractivity contribution is -0.144. The van der Waals surface area contributed by atoms with Crippen LogP contribution in [0.1, 0.15) is 90.0 Å². The van der Waals surface area contributed by atoms with Crippen molar-refractivity contribution in [2.45, 2.75) is 104 Å². The first-order valence-electron chi connectivity index (χ1n) is 24.6. The Hall–Kier alpha value is -6.99. The zero-order valence-corrected chi connectivity index (χ0v) is 46.4. The highest BCUT2D eigenvalue weighted by atomic mass is 35.5. The number of aliphatic imine (C=N–C) groups is 1. The number of hydrogen-bond acceptors (Lipinski definition) is 15. The van der Waals surface area contributed by atoms with E-state index in [-0.39, 0.29) is 24.5 Å². The predicted molar refractivity (Wildman–Crippen MR) is 292 cm³/mol. The molecule has 0 saturated carbocycles. The Balaban J connectivity index is 1.11. The third kappa shape index (κ3) is 12.6. The van der Waals surface area contributed by atoms with Gasteiger partial charge in [-0.15, -0.1) is 44.6 Å². The summed E-state index contributed by atoms with van der Waals surface area (Å²) in [5, 5.41) is 38.4. The van der Waals surface area contributed by atoms with Crippen LogP contribution < -0.4 is 37.6 Å². The van der Waals surface area contributed by atoms with Gasteiger partial charge >= 0.3 is 0 Å². The molecule has 0 aliphatic carbocycles. The molecule has 3 aliphatic rings. The lowest BCUT2D eigenvalue weighted by Crippen LogP contribution is -2.61. The van der Waals surface area contributed by atoms with E-state index in [1.54, 1.807) is 64.1 Å². The highest BCUT2D eigenvalue weighted by Gasteiger charge is 2.45. The topological polar surface area (TPSA) is 301 Å². The van der Waals surface area contributed by atoms with Crippen LogP contribution in [0.25, 0.3) is 15.4 Å². The number of aliphatic hydroxyl groups excluding tert-OH is 1. The number of thioether (sulfide) groups is 1. The van der Waals surface area contributed by atoms with Crippen molar-refractivity contribution in [2.75, 3.05) is 24.6 Å². The van der Waals surface area contributed by atoms with Gasteiger partial charge in [0.05, 0.1) is 30.5 Å². The van der Waals surface area contributed by atoms with Gasteiger partial charge in [-0.3, -0.25) is 47.9 Å². The van der Waals surface area contributed by atoms with Crippen molar-refractivity contribution in [2.24, 2.45) is 16.1 Å². The SMILES string of the molecule is Cc1ccsc1-c1ccc([C@H]2NC(=O)[C@@H]3C[C@@H](O)CN3C(=O)[C@H](C(C)(C)C)NC(=O)CSC[C@H](C(N)=O)NC(=O)[C@@H](NC(=O)C[C@@H]3N=C(c4ccc(Cl)cc4)c4c(sc(C)c4C)-n4c(C)nnc43)NC(=O)CNC2=O)cc1. The minimum Gasteiger partial charge on any atom is -0.391 e. The highest BCUT2D eigenvalue weighted by Crippen LogP contribution is 2.40. The number of carbonyl (C=O) groups excluding carboxylic acids is 8. The third-order valence-electron chi connectivity index (χ3n) is 13.4. The number of nitrogens with two attached hydrogens (primary N) is 1. The van der Waals surface area contributed by atoms with Gasteiger partial charge in [-0.1, -0.05) is 68.8 Å². The van der Waals surface area contributed by atoms with Gasteiger partial charge in [0.15, 0.2) is 12.0 Å². The first kappa shape index (κ1) is 56.2. The Kier molecular flexibility index (Phi) is 17.0. The molecule has 2 aromatic carbocycles. The maximum atomic E-state index is 14.4. The third-order valence-corrected chi connectivity index (χ3v) is 17.0. The normalized spacial score (nSPS) is 23.1. The number of aliphatic hydroxyl groups is 1. The lowest BCUT2D eigenvalue weighted by atomic mass is 9.85. The molecular weight excluding hydrogens is 1070 g/mol. The molecule has 7 atom stereocenters. The summed E-state index contributed by atoms with van der Waals surface area (Å²) in [4.78, 5) is 121. The van der Waals surface area contributed by atoms with E-state index in [1.807, 2.05) is 48.9 Å². The van der Waals surface area contributed by atoms with Crippen LogP contribution in [0.4, 0.5) is 0 Å². The molecule has 9 N–H and O–H groups in total. The highest BCUT2D eigenvalue weighted by molar-refractivity contribution is 8.00. The van der Waals surface area contributed by atoms with Crippen LogP contribution in [-0.2, 0) is 38.4 Å². The molecule has 3 aliphatic heterocycles. The van der Waals surface area contributed by atoms with Gasteiger partial charge in [0, 0.05) is 44.6 Å². The van der Waals surface area contributed by atoms with Crippen LogP contribution in [0, 0.1) is 33.1 Å². The molecule has 0 unspecified atom stereocenters. The van der Waals surface area contributed by atoms with Gasteiger partial charge in [0.25, 0.3) is 5.91 Å². The van der Waals surface area contributed by atoms with Crippen LogP contribution in [0.3, 0.4) is 0 Å². The van der Waals surface area contributed by atoms with Crippen LogP contribution in [-0.4, -0.2) is 133 Å². The van der Waals surface area contributed by atoms with Crippen molar-refractivity contribution in [1.29, 1.82) is 0 Å². The number of aromatic nitrogens is 3. The van der Waals surface area contributed by atoms with Crippen LogP contribution >= 0.6 is 46.0 Å². The Labute approximate surface area is 461 Å². The van der Waals surface area contributed by atoms with Gasteiger partial charge in [0.1, 0.15) is 41.0 Å². The second kappa shape index (κ2) is 23.3. The number of primary amides is 1. The number of rotatable bonds is 7. The molecule has 0 bridgehead atoms.